The third-order valence-electron chi connectivity index (χ3n) is 14.1. The predicted octanol–water partition coefficient (Wildman–Crippen LogP) is 20.4. The quantitative estimate of drug-likeness (QED) is 0.0438. The Hall–Kier alpha value is 0.177. The second-order valence-corrected chi connectivity index (χ2v) is 20.3. The molecule has 0 amide bonds. The topological polar surface area (TPSA) is 9.23 Å². The summed E-state index contributed by atoms with van der Waals surface area (Å²) < 4.78 is 6.65. The highest BCUT2D eigenvalue weighted by molar-refractivity contribution is 5.98. The first-order valence-corrected chi connectivity index (χ1v) is 29.1. The number of rotatable bonds is 53. The standard InChI is InChI=1S/C56H116OSi/c1-4-7-10-13-16-19-22-25-28-31-34-37-40-43-46-49-52-55-56(57-58,53-50-47-44-41-38-35-32-29-26-23-20-17-14-11-8-5-2)54-51-48-45-42-39-36-33-30-27-24-21-18-15-12-9-6-3/h4-55H2,1-3,58H3. The lowest BCUT2D eigenvalue weighted by Gasteiger charge is -2.34. The summed E-state index contributed by atoms with van der Waals surface area (Å²) in [6.07, 6.45) is 75.5. The molecule has 0 heterocycles. The summed E-state index contributed by atoms with van der Waals surface area (Å²) in [5, 5.41) is 0. The maximum absolute atomic E-state index is 6.65. The smallest absolute Gasteiger partial charge is 0.146 e. The van der Waals surface area contributed by atoms with E-state index in [1.54, 1.807) is 0 Å². The summed E-state index contributed by atoms with van der Waals surface area (Å²) >= 11 is 0. The van der Waals surface area contributed by atoms with Gasteiger partial charge in [0.1, 0.15) is 10.5 Å². The van der Waals surface area contributed by atoms with Crippen molar-refractivity contribution in [2.45, 2.75) is 360 Å². The average molecular weight is 834 g/mol. The molecular weight excluding hydrogens is 717 g/mol. The molecule has 0 fully saturated rings. The highest BCUT2D eigenvalue weighted by Crippen LogP contribution is 2.32. The molecule has 0 N–H and O–H groups in total. The van der Waals surface area contributed by atoms with Gasteiger partial charge in [0, 0.05) is 0 Å². The summed E-state index contributed by atoms with van der Waals surface area (Å²) in [6, 6.07) is 0. The fourth-order valence-corrected chi connectivity index (χ4v) is 10.5. The van der Waals surface area contributed by atoms with Crippen molar-refractivity contribution in [3.63, 3.8) is 0 Å². The van der Waals surface area contributed by atoms with Gasteiger partial charge < -0.3 is 4.43 Å². The molecule has 0 saturated carbocycles. The van der Waals surface area contributed by atoms with Crippen LogP contribution in [0, 0.1) is 0 Å². The summed E-state index contributed by atoms with van der Waals surface area (Å²) in [4.78, 5) is 0. The number of hydrogen-bond acceptors (Lipinski definition) is 1. The lowest BCUT2D eigenvalue weighted by atomic mass is 9.85. The largest absolute Gasteiger partial charge is 0.422 e. The molecule has 0 bridgehead atoms. The Kier molecular flexibility index (Phi) is 51.7. The van der Waals surface area contributed by atoms with Gasteiger partial charge in [0.05, 0.1) is 5.60 Å². The minimum atomic E-state index is 0.216. The van der Waals surface area contributed by atoms with Gasteiger partial charge in [0.15, 0.2) is 0 Å². The molecule has 0 aliphatic carbocycles. The van der Waals surface area contributed by atoms with E-state index in [0.29, 0.717) is 0 Å². The Bertz CT molecular complexity index is 671. The summed E-state index contributed by atoms with van der Waals surface area (Å²) in [5.41, 5.74) is 0.216. The molecule has 0 atom stereocenters. The number of unbranched alkanes of at least 4 members (excludes halogenated alkanes) is 46. The molecule has 350 valence electrons. The van der Waals surface area contributed by atoms with Crippen molar-refractivity contribution in [3.8, 4) is 0 Å². The van der Waals surface area contributed by atoms with Gasteiger partial charge in [0.2, 0.25) is 0 Å². The van der Waals surface area contributed by atoms with Crippen molar-refractivity contribution in [3.05, 3.63) is 0 Å². The van der Waals surface area contributed by atoms with Gasteiger partial charge in [-0.2, -0.15) is 0 Å². The molecule has 0 unspecified atom stereocenters. The summed E-state index contributed by atoms with van der Waals surface area (Å²) in [6.45, 7) is 6.96. The Balaban J connectivity index is 4.19. The van der Waals surface area contributed by atoms with Crippen molar-refractivity contribution in [2.75, 3.05) is 0 Å². The van der Waals surface area contributed by atoms with Crippen molar-refractivity contribution in [1.29, 1.82) is 0 Å². The molecule has 0 aromatic heterocycles. The first-order valence-electron chi connectivity index (χ1n) is 28.3. The molecule has 1 nitrogen and oxygen atoms in total. The SMILES string of the molecule is CCCCCCCCCCCCCCCCCCCC(CCCCCCCCCCCCCCCCCC)(CCCCCCCCCCCCCCCCCC)O[SiH3]. The monoisotopic (exact) mass is 833 g/mol. The van der Waals surface area contributed by atoms with E-state index in [0.717, 1.165) is 10.5 Å². The molecule has 0 radical (unpaired) electrons. The normalized spacial score (nSPS) is 12.1. The van der Waals surface area contributed by atoms with Crippen LogP contribution >= 0.6 is 0 Å². The third-order valence-corrected chi connectivity index (χ3v) is 15.0. The van der Waals surface area contributed by atoms with Crippen LogP contribution in [0.2, 0.25) is 0 Å². The molecule has 58 heavy (non-hydrogen) atoms. The van der Waals surface area contributed by atoms with Crippen LogP contribution in [-0.2, 0) is 4.43 Å². The van der Waals surface area contributed by atoms with Gasteiger partial charge in [-0.05, 0) is 19.3 Å². The van der Waals surface area contributed by atoms with E-state index in [1.165, 1.54) is 334 Å². The molecule has 0 aromatic rings. The first-order chi connectivity index (χ1) is 28.7. The van der Waals surface area contributed by atoms with E-state index >= 15 is 0 Å². The van der Waals surface area contributed by atoms with Gasteiger partial charge in [-0.25, -0.2) is 0 Å². The maximum atomic E-state index is 6.65. The van der Waals surface area contributed by atoms with Crippen molar-refractivity contribution >= 4 is 10.5 Å². The van der Waals surface area contributed by atoms with E-state index in [9.17, 15) is 0 Å². The molecule has 0 aliphatic rings. The van der Waals surface area contributed by atoms with Crippen LogP contribution in [0.1, 0.15) is 355 Å². The first kappa shape index (κ1) is 58.2. The summed E-state index contributed by atoms with van der Waals surface area (Å²) in [7, 11) is 0.909. The second kappa shape index (κ2) is 51.5. The zero-order chi connectivity index (χ0) is 42.0. The minimum Gasteiger partial charge on any atom is -0.422 e. The fraction of sp³-hybridized carbons (Fsp3) is 1.00. The van der Waals surface area contributed by atoms with Crippen molar-refractivity contribution in [2.24, 2.45) is 0 Å². The van der Waals surface area contributed by atoms with Crippen LogP contribution in [0.4, 0.5) is 0 Å². The molecule has 0 aromatic carbocycles. The van der Waals surface area contributed by atoms with E-state index in [-0.39, 0.29) is 5.60 Å². The van der Waals surface area contributed by atoms with E-state index in [1.807, 2.05) is 0 Å². The van der Waals surface area contributed by atoms with Gasteiger partial charge in [-0.1, -0.05) is 335 Å². The average Bonchev–Trinajstić information content (AvgIpc) is 3.24. The summed E-state index contributed by atoms with van der Waals surface area (Å²) in [5.74, 6) is 0. The predicted molar refractivity (Wildman–Crippen MR) is 271 cm³/mol. The lowest BCUT2D eigenvalue weighted by Crippen LogP contribution is -2.32. The van der Waals surface area contributed by atoms with Crippen LogP contribution in [0.25, 0.3) is 0 Å². The zero-order valence-electron chi connectivity index (χ0n) is 41.7. The Labute approximate surface area is 373 Å². The molecule has 0 aliphatic heterocycles. The Morgan fingerprint density at radius 3 is 0.448 bits per heavy atom. The Morgan fingerprint density at radius 2 is 0.328 bits per heavy atom. The van der Waals surface area contributed by atoms with Crippen LogP contribution in [-0.4, -0.2) is 16.1 Å². The van der Waals surface area contributed by atoms with E-state index in [4.69, 9.17) is 4.43 Å². The number of hydrogen-bond donors (Lipinski definition) is 0. The van der Waals surface area contributed by atoms with Crippen molar-refractivity contribution < 1.29 is 4.43 Å². The highest BCUT2D eigenvalue weighted by atomic mass is 28.2. The molecule has 0 saturated heterocycles. The Morgan fingerprint density at radius 1 is 0.207 bits per heavy atom. The third kappa shape index (κ3) is 45.7. The van der Waals surface area contributed by atoms with Crippen LogP contribution in [0.3, 0.4) is 0 Å². The van der Waals surface area contributed by atoms with Crippen LogP contribution in [0.15, 0.2) is 0 Å². The maximum Gasteiger partial charge on any atom is 0.146 e. The van der Waals surface area contributed by atoms with Crippen LogP contribution < -0.4 is 0 Å². The van der Waals surface area contributed by atoms with E-state index < -0.39 is 0 Å². The van der Waals surface area contributed by atoms with Gasteiger partial charge in [-0.3, -0.25) is 0 Å². The molecule has 0 rings (SSSR count). The van der Waals surface area contributed by atoms with Crippen molar-refractivity contribution in [1.82, 2.24) is 0 Å². The molecule has 2 heteroatoms. The van der Waals surface area contributed by atoms with Crippen LogP contribution in [0.5, 0.6) is 0 Å². The van der Waals surface area contributed by atoms with Gasteiger partial charge in [0.25, 0.3) is 0 Å². The highest BCUT2D eigenvalue weighted by Gasteiger charge is 2.27. The molecular formula is C56H116OSi. The molecule has 0 spiro atoms. The fourth-order valence-electron chi connectivity index (χ4n) is 9.84. The zero-order valence-corrected chi connectivity index (χ0v) is 43.7. The second-order valence-electron chi connectivity index (χ2n) is 19.9. The lowest BCUT2D eigenvalue weighted by molar-refractivity contribution is 0.0422. The van der Waals surface area contributed by atoms with E-state index in [2.05, 4.69) is 20.8 Å². The van der Waals surface area contributed by atoms with Gasteiger partial charge in [-0.15, -0.1) is 0 Å². The van der Waals surface area contributed by atoms with Gasteiger partial charge >= 0.3 is 0 Å². The minimum absolute atomic E-state index is 0.216.